The van der Waals surface area contributed by atoms with Gasteiger partial charge in [0.2, 0.25) is 0 Å². The highest BCUT2D eigenvalue weighted by Gasteiger charge is 2.50. The van der Waals surface area contributed by atoms with E-state index in [1.165, 1.54) is 43.0 Å². The molecule has 1 aliphatic heterocycles. The fourth-order valence-electron chi connectivity index (χ4n) is 4.06. The van der Waals surface area contributed by atoms with Gasteiger partial charge in [-0.15, -0.1) is 0 Å². The molecule has 1 saturated heterocycles. The van der Waals surface area contributed by atoms with Crippen LogP contribution in [0.3, 0.4) is 0 Å². The second kappa shape index (κ2) is 7.99. The zero-order valence-corrected chi connectivity index (χ0v) is 17.6. The first-order chi connectivity index (χ1) is 14.7. The van der Waals surface area contributed by atoms with Gasteiger partial charge in [-0.25, -0.2) is 12.8 Å². The van der Waals surface area contributed by atoms with Gasteiger partial charge in [0.05, 0.1) is 16.9 Å². The Balaban J connectivity index is 1.89. The maximum absolute atomic E-state index is 13.7. The third kappa shape index (κ3) is 4.04. The summed E-state index contributed by atoms with van der Waals surface area (Å²) >= 11 is 0. The Kier molecular flexibility index (Phi) is 5.50. The molecule has 1 N–H and O–H groups in total. The molecule has 162 valence electrons. The molecule has 0 saturated carbocycles. The monoisotopic (exact) mass is 443 g/mol. The summed E-state index contributed by atoms with van der Waals surface area (Å²) < 4.78 is 38.2. The summed E-state index contributed by atoms with van der Waals surface area (Å²) in [7, 11) is -3.25. The maximum Gasteiger partial charge on any atom is 0.186 e. The minimum absolute atomic E-state index is 0.202. The highest BCUT2D eigenvalue weighted by atomic mass is 32.2. The summed E-state index contributed by atoms with van der Waals surface area (Å²) in [5, 5.41) is 23.7. The van der Waals surface area contributed by atoms with Gasteiger partial charge in [-0.05, 0) is 29.8 Å². The van der Waals surface area contributed by atoms with E-state index in [1.807, 2.05) is 4.90 Å². The quantitative estimate of drug-likeness (QED) is 0.459. The summed E-state index contributed by atoms with van der Waals surface area (Å²) in [4.78, 5) is 5.95. The number of rotatable bonds is 6. The van der Waals surface area contributed by atoms with Gasteiger partial charge in [0.25, 0.3) is 0 Å². The second-order valence-corrected chi connectivity index (χ2v) is 10.1. The van der Waals surface area contributed by atoms with Crippen LogP contribution < -0.4 is 4.73 Å². The van der Waals surface area contributed by atoms with Crippen LogP contribution in [-0.2, 0) is 15.4 Å². The van der Waals surface area contributed by atoms with E-state index in [9.17, 15) is 23.1 Å². The van der Waals surface area contributed by atoms with Crippen LogP contribution in [-0.4, -0.2) is 48.0 Å². The van der Waals surface area contributed by atoms with Gasteiger partial charge in [0.1, 0.15) is 11.4 Å². The lowest BCUT2D eigenvalue weighted by molar-refractivity contribution is -0.606. The Labute approximate surface area is 179 Å². The van der Waals surface area contributed by atoms with Gasteiger partial charge < -0.3 is 10.3 Å². The van der Waals surface area contributed by atoms with Crippen molar-refractivity contribution in [2.24, 2.45) is 0 Å². The molecule has 7 nitrogen and oxygen atoms in total. The minimum Gasteiger partial charge on any atom is -0.619 e. The van der Waals surface area contributed by atoms with Gasteiger partial charge in [-0.1, -0.05) is 18.2 Å². The highest BCUT2D eigenvalue weighted by molar-refractivity contribution is 7.91. The number of aromatic nitrogens is 2. The van der Waals surface area contributed by atoms with Crippen molar-refractivity contribution in [2.75, 3.05) is 19.3 Å². The van der Waals surface area contributed by atoms with Crippen LogP contribution in [0.2, 0.25) is 0 Å². The molecule has 0 amide bonds. The lowest BCUT2D eigenvalue weighted by atomic mass is 9.76. The molecule has 2 atom stereocenters. The predicted octanol–water partition coefficient (Wildman–Crippen LogP) is 1.56. The minimum atomic E-state index is -3.25. The SMILES string of the molecule is CS(=O)(=O)C1CN(C(c2ccc(F)cc2)C(O)(c2cccnc2)c2ccc[n+]([O-])c2)C1. The second-order valence-electron chi connectivity index (χ2n) is 7.82. The predicted molar refractivity (Wildman–Crippen MR) is 112 cm³/mol. The van der Waals surface area contributed by atoms with E-state index in [1.54, 1.807) is 36.5 Å². The molecule has 0 radical (unpaired) electrons. The molecule has 3 heterocycles. The molecule has 4 rings (SSSR count). The first kappa shape index (κ1) is 21.4. The number of hydrogen-bond donors (Lipinski definition) is 1. The Hall–Kier alpha value is -2.88. The van der Waals surface area contributed by atoms with Gasteiger partial charge in [0.15, 0.2) is 22.2 Å². The molecular weight excluding hydrogens is 421 g/mol. The molecule has 2 unspecified atom stereocenters. The molecule has 1 aliphatic rings. The van der Waals surface area contributed by atoms with E-state index in [0.717, 1.165) is 0 Å². The average Bonchev–Trinajstić information content (AvgIpc) is 2.70. The van der Waals surface area contributed by atoms with Crippen molar-refractivity contribution >= 4 is 9.84 Å². The first-order valence-corrected chi connectivity index (χ1v) is 11.7. The number of likely N-dealkylation sites (tertiary alicyclic amines) is 1. The fourth-order valence-corrected chi connectivity index (χ4v) is 4.99. The smallest absolute Gasteiger partial charge is 0.186 e. The number of hydrogen-bond acceptors (Lipinski definition) is 6. The van der Waals surface area contributed by atoms with Crippen molar-refractivity contribution in [2.45, 2.75) is 16.9 Å². The molecule has 1 fully saturated rings. The van der Waals surface area contributed by atoms with Crippen LogP contribution in [0.5, 0.6) is 0 Å². The molecular formula is C22H22FN3O4S. The summed E-state index contributed by atoms with van der Waals surface area (Å²) in [5.74, 6) is -0.429. The molecule has 0 aliphatic carbocycles. The molecule has 31 heavy (non-hydrogen) atoms. The normalized spacial score (nSPS) is 18.2. The molecule has 9 heteroatoms. The van der Waals surface area contributed by atoms with Gasteiger partial charge in [0, 0.05) is 43.4 Å². The van der Waals surface area contributed by atoms with E-state index in [4.69, 9.17) is 0 Å². The van der Waals surface area contributed by atoms with Crippen molar-refractivity contribution in [3.8, 4) is 0 Å². The van der Waals surface area contributed by atoms with Gasteiger partial charge >= 0.3 is 0 Å². The van der Waals surface area contributed by atoms with Crippen LogP contribution in [0.1, 0.15) is 22.7 Å². The number of sulfone groups is 1. The number of aliphatic hydroxyl groups is 1. The largest absolute Gasteiger partial charge is 0.619 e. The number of benzene rings is 1. The first-order valence-electron chi connectivity index (χ1n) is 9.70. The van der Waals surface area contributed by atoms with Gasteiger partial charge in [-0.2, -0.15) is 4.73 Å². The summed E-state index contributed by atoms with van der Waals surface area (Å²) in [6, 6.07) is 11.4. The summed E-state index contributed by atoms with van der Waals surface area (Å²) in [6.07, 6.45) is 6.85. The van der Waals surface area contributed by atoms with Crippen LogP contribution in [0.15, 0.2) is 73.3 Å². The molecule has 2 aromatic heterocycles. The molecule has 0 bridgehead atoms. The Morgan fingerprint density at radius 3 is 2.45 bits per heavy atom. The topological polar surface area (TPSA) is 97.4 Å². The summed E-state index contributed by atoms with van der Waals surface area (Å²) in [6.45, 7) is 0.404. The van der Waals surface area contributed by atoms with Crippen LogP contribution in [0, 0.1) is 11.0 Å². The van der Waals surface area contributed by atoms with E-state index < -0.39 is 32.5 Å². The lowest BCUT2D eigenvalue weighted by Crippen LogP contribution is -2.59. The van der Waals surface area contributed by atoms with Crippen LogP contribution >= 0.6 is 0 Å². The molecule has 3 aromatic rings. The van der Waals surface area contributed by atoms with E-state index >= 15 is 0 Å². The number of pyridine rings is 2. The lowest BCUT2D eigenvalue weighted by Gasteiger charge is -2.49. The third-order valence-corrected chi connectivity index (χ3v) is 7.25. The highest BCUT2D eigenvalue weighted by Crippen LogP contribution is 2.46. The zero-order valence-electron chi connectivity index (χ0n) is 16.8. The Morgan fingerprint density at radius 1 is 1.19 bits per heavy atom. The van der Waals surface area contributed by atoms with E-state index in [-0.39, 0.29) is 13.1 Å². The van der Waals surface area contributed by atoms with Crippen LogP contribution in [0.4, 0.5) is 4.39 Å². The standard InChI is InChI=1S/C22H22FN3O4S/c1-31(29,30)20-14-25(15-20)21(16-6-8-19(23)9-7-16)22(27,17-4-2-10-24-12-17)18-5-3-11-26(28)13-18/h2-13,20-21,27H,14-15H2,1H3. The molecule has 1 aromatic carbocycles. The van der Waals surface area contributed by atoms with E-state index in [2.05, 4.69) is 4.98 Å². The summed E-state index contributed by atoms with van der Waals surface area (Å²) in [5.41, 5.74) is -0.420. The van der Waals surface area contributed by atoms with Crippen molar-refractivity contribution in [1.29, 1.82) is 0 Å². The Bertz CT molecular complexity index is 1170. The van der Waals surface area contributed by atoms with Crippen molar-refractivity contribution < 1.29 is 22.6 Å². The number of nitrogens with zero attached hydrogens (tertiary/aromatic N) is 3. The zero-order chi connectivity index (χ0) is 22.2. The van der Waals surface area contributed by atoms with Crippen molar-refractivity contribution in [3.05, 3.63) is 101 Å². The number of halogens is 1. The average molecular weight is 444 g/mol. The Morgan fingerprint density at radius 2 is 1.87 bits per heavy atom. The molecule has 0 spiro atoms. The van der Waals surface area contributed by atoms with Crippen LogP contribution in [0.25, 0.3) is 0 Å². The van der Waals surface area contributed by atoms with Gasteiger partial charge in [-0.3, -0.25) is 9.88 Å². The third-order valence-electron chi connectivity index (χ3n) is 5.75. The fraction of sp³-hybridized carbons (Fsp3) is 0.273. The maximum atomic E-state index is 13.7. The van der Waals surface area contributed by atoms with E-state index in [0.29, 0.717) is 21.4 Å². The van der Waals surface area contributed by atoms with Crippen molar-refractivity contribution in [1.82, 2.24) is 9.88 Å². The van der Waals surface area contributed by atoms with Crippen molar-refractivity contribution in [3.63, 3.8) is 0 Å².